The number of benzene rings is 1. The summed E-state index contributed by atoms with van der Waals surface area (Å²) >= 11 is 0. The number of carbonyl (C=O) groups is 3. The maximum atomic E-state index is 13.0. The van der Waals surface area contributed by atoms with Crippen LogP contribution >= 0.6 is 0 Å². The van der Waals surface area contributed by atoms with E-state index < -0.39 is 5.97 Å². The molecule has 0 aliphatic carbocycles. The van der Waals surface area contributed by atoms with Crippen molar-refractivity contribution in [3.8, 4) is 0 Å². The highest BCUT2D eigenvalue weighted by Gasteiger charge is 2.39. The Hall–Kier alpha value is -3.24. The zero-order valence-electron chi connectivity index (χ0n) is 22.9. The van der Waals surface area contributed by atoms with Crippen molar-refractivity contribution in [2.45, 2.75) is 46.1 Å². The average molecular weight is 539 g/mol. The van der Waals surface area contributed by atoms with Gasteiger partial charge in [0.25, 0.3) is 11.8 Å². The second-order valence-corrected chi connectivity index (χ2v) is 11.0. The van der Waals surface area contributed by atoms with Crippen molar-refractivity contribution in [1.82, 2.24) is 20.0 Å². The number of hydrogen-bond acceptors (Lipinski definition) is 7. The smallest absolute Gasteiger partial charge is 0.338 e. The Morgan fingerprint density at radius 2 is 1.74 bits per heavy atom. The van der Waals surface area contributed by atoms with Gasteiger partial charge in [-0.3, -0.25) is 14.3 Å². The number of nitrogens with zero attached hydrogens (tertiary/aromatic N) is 3. The molecule has 3 aliphatic heterocycles. The highest BCUT2D eigenvalue weighted by molar-refractivity contribution is 5.97. The second-order valence-electron chi connectivity index (χ2n) is 11.0. The molecule has 3 aliphatic rings. The standard InChI is InChI=1S/C29H38N4O6/c1-3-23-25-24(16-29(19-30-26(25)34)8-12-37-13-9-29)33(31-23)17-20(2)18-39-28(36)22-6-4-21(5-7-22)27(35)32-10-14-38-15-11-32/h4-7,20H,3,8-19H2,1-2H3,(H,30,34). The molecular formula is C29H38N4O6. The van der Waals surface area contributed by atoms with Crippen LogP contribution in [0.2, 0.25) is 0 Å². The number of carbonyl (C=O) groups excluding carboxylic acids is 3. The largest absolute Gasteiger partial charge is 0.462 e. The number of morpholine rings is 1. The van der Waals surface area contributed by atoms with Crippen molar-refractivity contribution in [3.05, 3.63) is 52.3 Å². The fraction of sp³-hybridized carbons (Fsp3) is 0.586. The van der Waals surface area contributed by atoms with Crippen LogP contribution in [0.3, 0.4) is 0 Å². The predicted octanol–water partition coefficient (Wildman–Crippen LogP) is 2.49. The van der Waals surface area contributed by atoms with E-state index in [1.807, 2.05) is 18.5 Å². The molecular weight excluding hydrogens is 500 g/mol. The van der Waals surface area contributed by atoms with E-state index in [4.69, 9.17) is 19.3 Å². The van der Waals surface area contributed by atoms with Crippen LogP contribution in [0, 0.1) is 11.3 Å². The lowest BCUT2D eigenvalue weighted by Crippen LogP contribution is -2.41. The Bertz CT molecular complexity index is 1200. The minimum absolute atomic E-state index is 0.0122. The van der Waals surface area contributed by atoms with Gasteiger partial charge in [-0.2, -0.15) is 5.10 Å². The summed E-state index contributed by atoms with van der Waals surface area (Å²) in [7, 11) is 0. The first-order chi connectivity index (χ1) is 18.9. The number of aromatic nitrogens is 2. The molecule has 10 nitrogen and oxygen atoms in total. The Kier molecular flexibility index (Phi) is 8.32. The van der Waals surface area contributed by atoms with Gasteiger partial charge in [-0.05, 0) is 55.4 Å². The highest BCUT2D eigenvalue weighted by Crippen LogP contribution is 2.37. The molecule has 210 valence electrons. The fourth-order valence-corrected chi connectivity index (χ4v) is 5.67. The van der Waals surface area contributed by atoms with Crippen LogP contribution < -0.4 is 5.32 Å². The minimum Gasteiger partial charge on any atom is -0.462 e. The third-order valence-electron chi connectivity index (χ3n) is 8.06. The molecule has 0 saturated carbocycles. The molecule has 1 unspecified atom stereocenters. The molecule has 0 radical (unpaired) electrons. The molecule has 1 aromatic heterocycles. The zero-order valence-corrected chi connectivity index (χ0v) is 22.9. The lowest BCUT2D eigenvalue weighted by Gasteiger charge is -2.36. The average Bonchev–Trinajstić information content (AvgIpc) is 3.24. The monoisotopic (exact) mass is 538 g/mol. The molecule has 0 bridgehead atoms. The van der Waals surface area contributed by atoms with Crippen molar-refractivity contribution < 1.29 is 28.6 Å². The predicted molar refractivity (Wildman–Crippen MR) is 143 cm³/mol. The van der Waals surface area contributed by atoms with E-state index >= 15 is 0 Å². The quantitative estimate of drug-likeness (QED) is 0.539. The molecule has 1 aromatic carbocycles. The highest BCUT2D eigenvalue weighted by atomic mass is 16.5. The van der Waals surface area contributed by atoms with E-state index in [-0.39, 0.29) is 29.8 Å². The van der Waals surface area contributed by atoms with E-state index in [1.54, 1.807) is 29.2 Å². The number of hydrogen-bond donors (Lipinski definition) is 1. The van der Waals surface area contributed by atoms with Crippen molar-refractivity contribution >= 4 is 17.8 Å². The van der Waals surface area contributed by atoms with Crippen molar-refractivity contribution in [2.75, 3.05) is 52.7 Å². The normalized spacial score (nSPS) is 19.6. The minimum atomic E-state index is -0.429. The molecule has 2 amide bonds. The summed E-state index contributed by atoms with van der Waals surface area (Å²) in [5, 5.41) is 7.95. The molecule has 5 rings (SSSR count). The van der Waals surface area contributed by atoms with Gasteiger partial charge in [0.15, 0.2) is 0 Å². The molecule has 2 fully saturated rings. The van der Waals surface area contributed by atoms with Gasteiger partial charge in [0.1, 0.15) is 0 Å². The Morgan fingerprint density at radius 3 is 2.44 bits per heavy atom. The summed E-state index contributed by atoms with van der Waals surface area (Å²) < 4.78 is 18.5. The van der Waals surface area contributed by atoms with Crippen LogP contribution in [0.1, 0.15) is 69.2 Å². The van der Waals surface area contributed by atoms with E-state index in [1.165, 1.54) is 0 Å². The maximum absolute atomic E-state index is 13.0. The van der Waals surface area contributed by atoms with Gasteiger partial charge < -0.3 is 24.4 Å². The number of aryl methyl sites for hydroxylation is 1. The van der Waals surface area contributed by atoms with Crippen molar-refractivity contribution in [2.24, 2.45) is 11.3 Å². The molecule has 4 heterocycles. The van der Waals surface area contributed by atoms with E-state index in [2.05, 4.69) is 5.32 Å². The van der Waals surface area contributed by atoms with Gasteiger partial charge >= 0.3 is 5.97 Å². The van der Waals surface area contributed by atoms with E-state index in [0.29, 0.717) is 75.7 Å². The van der Waals surface area contributed by atoms with Gasteiger partial charge in [0.2, 0.25) is 0 Å². The SMILES string of the molecule is CCc1nn(CC(C)COC(=O)c2ccc(C(=O)N3CCOCC3)cc2)c2c1C(=O)NCC1(CCOCC1)C2. The van der Waals surface area contributed by atoms with Gasteiger partial charge in [-0.25, -0.2) is 4.79 Å². The molecule has 1 spiro atoms. The lowest BCUT2D eigenvalue weighted by molar-refractivity contribution is 0.0151. The van der Waals surface area contributed by atoms with Crippen LogP contribution in [0.5, 0.6) is 0 Å². The first-order valence-corrected chi connectivity index (χ1v) is 14.0. The number of amides is 2. The summed E-state index contributed by atoms with van der Waals surface area (Å²) in [5.41, 5.74) is 3.41. The molecule has 2 aromatic rings. The summed E-state index contributed by atoms with van der Waals surface area (Å²) in [4.78, 5) is 40.2. The zero-order chi connectivity index (χ0) is 27.4. The fourth-order valence-electron chi connectivity index (χ4n) is 5.67. The van der Waals surface area contributed by atoms with Crippen LogP contribution in [0.25, 0.3) is 0 Å². The first kappa shape index (κ1) is 27.3. The Labute approximate surface area is 229 Å². The molecule has 1 atom stereocenters. The third-order valence-corrected chi connectivity index (χ3v) is 8.06. The number of fused-ring (bicyclic) bond motifs is 1. The number of rotatable bonds is 7. The van der Waals surface area contributed by atoms with Crippen LogP contribution in [0.15, 0.2) is 24.3 Å². The summed E-state index contributed by atoms with van der Waals surface area (Å²) in [6, 6.07) is 6.60. The van der Waals surface area contributed by atoms with Gasteiger partial charge in [0.05, 0.1) is 42.3 Å². The Balaban J connectivity index is 1.22. The topological polar surface area (TPSA) is 112 Å². The van der Waals surface area contributed by atoms with E-state index in [9.17, 15) is 14.4 Å². The molecule has 10 heteroatoms. The summed E-state index contributed by atoms with van der Waals surface area (Å²) in [6.45, 7) is 9.06. The number of esters is 1. The molecule has 39 heavy (non-hydrogen) atoms. The molecule has 2 saturated heterocycles. The third kappa shape index (κ3) is 6.01. The van der Waals surface area contributed by atoms with Crippen LogP contribution in [-0.2, 0) is 33.6 Å². The summed E-state index contributed by atoms with van der Waals surface area (Å²) in [5.74, 6) is -0.554. The van der Waals surface area contributed by atoms with Crippen molar-refractivity contribution in [3.63, 3.8) is 0 Å². The second kappa shape index (κ2) is 11.9. The van der Waals surface area contributed by atoms with Gasteiger partial charge in [-0.1, -0.05) is 13.8 Å². The summed E-state index contributed by atoms with van der Waals surface area (Å²) in [6.07, 6.45) is 3.26. The Morgan fingerprint density at radius 1 is 1.08 bits per heavy atom. The van der Waals surface area contributed by atoms with Gasteiger partial charge in [-0.15, -0.1) is 0 Å². The lowest BCUT2D eigenvalue weighted by atomic mass is 9.76. The van der Waals surface area contributed by atoms with Gasteiger partial charge in [0, 0.05) is 50.9 Å². The van der Waals surface area contributed by atoms with Crippen LogP contribution in [-0.4, -0.2) is 85.1 Å². The molecule has 1 N–H and O–H groups in total. The number of nitrogens with one attached hydrogen (secondary N) is 1. The number of ether oxygens (including phenoxy) is 3. The van der Waals surface area contributed by atoms with Crippen molar-refractivity contribution in [1.29, 1.82) is 0 Å². The van der Waals surface area contributed by atoms with E-state index in [0.717, 1.165) is 30.7 Å². The maximum Gasteiger partial charge on any atom is 0.338 e. The first-order valence-electron chi connectivity index (χ1n) is 14.0. The van der Waals surface area contributed by atoms with Crippen LogP contribution in [0.4, 0.5) is 0 Å².